The van der Waals surface area contributed by atoms with Gasteiger partial charge in [0, 0.05) is 24.5 Å². The average Bonchev–Trinajstić information content (AvgIpc) is 3.13. The van der Waals surface area contributed by atoms with Gasteiger partial charge in [-0.1, -0.05) is 19.9 Å². The van der Waals surface area contributed by atoms with Crippen LogP contribution >= 0.6 is 11.3 Å². The maximum Gasteiger partial charge on any atom is 0.242 e. The molecule has 3 heterocycles. The normalized spacial score (nSPS) is 18.7. The summed E-state index contributed by atoms with van der Waals surface area (Å²) in [5.74, 6) is 1.33. The van der Waals surface area contributed by atoms with Gasteiger partial charge in [-0.25, -0.2) is 4.98 Å². The lowest BCUT2D eigenvalue weighted by Crippen LogP contribution is -2.37. The Bertz CT molecular complexity index is 628. The molecule has 1 N–H and O–H groups in total. The summed E-state index contributed by atoms with van der Waals surface area (Å²) < 4.78 is 0. The number of hydrogen-bond donors (Lipinski definition) is 1. The van der Waals surface area contributed by atoms with E-state index in [1.165, 1.54) is 24.3 Å². The highest BCUT2D eigenvalue weighted by molar-refractivity contribution is 7.09. The summed E-state index contributed by atoms with van der Waals surface area (Å²) in [5.41, 5.74) is 2.08. The molecule has 1 aliphatic heterocycles. The van der Waals surface area contributed by atoms with Crippen molar-refractivity contribution in [1.29, 1.82) is 0 Å². The Kier molecular flexibility index (Phi) is 6.15. The van der Waals surface area contributed by atoms with Gasteiger partial charge in [0.05, 0.1) is 11.4 Å². The first-order chi connectivity index (χ1) is 11.8. The molecule has 1 unspecified atom stereocenters. The van der Waals surface area contributed by atoms with Crippen LogP contribution in [0.15, 0.2) is 17.5 Å². The zero-order valence-corrected chi connectivity index (χ0v) is 15.5. The fourth-order valence-electron chi connectivity index (χ4n) is 3.33. The fourth-order valence-corrected chi connectivity index (χ4v) is 4.08. The Labute approximate surface area is 148 Å². The van der Waals surface area contributed by atoms with Crippen LogP contribution < -0.4 is 5.32 Å². The summed E-state index contributed by atoms with van der Waals surface area (Å²) in [6.07, 6.45) is 4.34. The molecule has 6 heteroatoms. The Morgan fingerprint density at radius 3 is 2.88 bits per heavy atom. The molecule has 0 amide bonds. The van der Waals surface area contributed by atoms with Gasteiger partial charge in [0.1, 0.15) is 0 Å². The fraction of sp³-hybridized carbons (Fsp3) is 0.611. The van der Waals surface area contributed by atoms with Crippen LogP contribution in [-0.2, 0) is 19.4 Å². The van der Waals surface area contributed by atoms with Crippen molar-refractivity contribution in [3.8, 4) is 0 Å². The van der Waals surface area contributed by atoms with Crippen LogP contribution in [0.3, 0.4) is 0 Å². The maximum absolute atomic E-state index is 4.63. The van der Waals surface area contributed by atoms with Crippen molar-refractivity contribution in [1.82, 2.24) is 20.1 Å². The van der Waals surface area contributed by atoms with Crippen molar-refractivity contribution in [3.63, 3.8) is 0 Å². The van der Waals surface area contributed by atoms with E-state index in [1.54, 1.807) is 0 Å². The molecule has 130 valence electrons. The molecule has 0 aliphatic carbocycles. The molecule has 0 radical (unpaired) electrons. The highest BCUT2D eigenvalue weighted by atomic mass is 32.1. The second-order valence-corrected chi connectivity index (χ2v) is 7.47. The molecule has 0 aromatic carbocycles. The molecule has 1 saturated heterocycles. The van der Waals surface area contributed by atoms with Crippen molar-refractivity contribution >= 4 is 17.3 Å². The van der Waals surface area contributed by atoms with E-state index < -0.39 is 0 Å². The highest BCUT2D eigenvalue weighted by Gasteiger charge is 2.20. The zero-order chi connectivity index (χ0) is 16.8. The number of nitrogens with one attached hydrogen (secondary N) is 1. The Morgan fingerprint density at radius 1 is 1.25 bits per heavy atom. The number of rotatable bonds is 7. The highest BCUT2D eigenvalue weighted by Crippen LogP contribution is 2.20. The van der Waals surface area contributed by atoms with Crippen LogP contribution in [0.25, 0.3) is 0 Å². The molecule has 1 fully saturated rings. The van der Waals surface area contributed by atoms with Crippen molar-refractivity contribution in [3.05, 3.63) is 33.8 Å². The molecule has 24 heavy (non-hydrogen) atoms. The summed E-state index contributed by atoms with van der Waals surface area (Å²) in [5, 5.41) is 14.1. The van der Waals surface area contributed by atoms with E-state index in [0.29, 0.717) is 11.9 Å². The lowest BCUT2D eigenvalue weighted by molar-refractivity contribution is 0.174. The van der Waals surface area contributed by atoms with Gasteiger partial charge in [0.2, 0.25) is 5.95 Å². The first-order valence-corrected chi connectivity index (χ1v) is 9.87. The van der Waals surface area contributed by atoms with Gasteiger partial charge in [-0.05, 0) is 49.6 Å². The molecule has 3 rings (SSSR count). The topological polar surface area (TPSA) is 53.9 Å². The number of hydrogen-bond acceptors (Lipinski definition) is 6. The molecular formula is C18H27N5S. The smallest absolute Gasteiger partial charge is 0.242 e. The van der Waals surface area contributed by atoms with Crippen LogP contribution in [0.2, 0.25) is 0 Å². The van der Waals surface area contributed by atoms with Crippen molar-refractivity contribution < 1.29 is 0 Å². The van der Waals surface area contributed by atoms with E-state index in [9.17, 15) is 0 Å². The third-order valence-electron chi connectivity index (χ3n) is 4.62. The molecule has 1 aliphatic rings. The lowest BCUT2D eigenvalue weighted by atomic mass is 9.98. The van der Waals surface area contributed by atoms with Gasteiger partial charge < -0.3 is 5.32 Å². The van der Waals surface area contributed by atoms with E-state index in [2.05, 4.69) is 56.8 Å². The van der Waals surface area contributed by atoms with E-state index in [-0.39, 0.29) is 0 Å². The summed E-state index contributed by atoms with van der Waals surface area (Å²) >= 11 is 1.85. The predicted octanol–water partition coefficient (Wildman–Crippen LogP) is 3.38. The third kappa shape index (κ3) is 4.51. The molecule has 0 saturated carbocycles. The molecule has 1 atom stereocenters. The summed E-state index contributed by atoms with van der Waals surface area (Å²) in [6.45, 7) is 8.58. The third-order valence-corrected chi connectivity index (χ3v) is 5.48. The van der Waals surface area contributed by atoms with Crippen LogP contribution in [-0.4, -0.2) is 39.7 Å². The van der Waals surface area contributed by atoms with Crippen molar-refractivity contribution in [2.45, 2.75) is 46.1 Å². The number of aromatic nitrogens is 3. The first kappa shape index (κ1) is 17.3. The minimum absolute atomic E-state index is 0.651. The molecule has 0 spiro atoms. The Hall–Kier alpha value is -1.53. The second kappa shape index (κ2) is 8.53. The number of aryl methyl sites for hydroxylation is 2. The quantitative estimate of drug-likeness (QED) is 0.834. The molecule has 0 bridgehead atoms. The van der Waals surface area contributed by atoms with Crippen LogP contribution in [0.5, 0.6) is 0 Å². The maximum atomic E-state index is 4.63. The SMILES string of the molecule is CCc1nnc(NCC2CCCN(Cc3cccs3)C2)nc1CC. The predicted molar refractivity (Wildman–Crippen MR) is 99.4 cm³/mol. The Morgan fingerprint density at radius 2 is 2.12 bits per heavy atom. The van der Waals surface area contributed by atoms with E-state index in [1.807, 2.05) is 11.3 Å². The van der Waals surface area contributed by atoms with Gasteiger partial charge in [0.25, 0.3) is 0 Å². The molecule has 2 aromatic rings. The number of anilines is 1. The standard InChI is InChI=1S/C18H27N5S/c1-3-16-17(4-2)21-22-18(20-16)19-11-14-7-5-9-23(12-14)13-15-8-6-10-24-15/h6,8,10,14H,3-5,7,9,11-13H2,1-2H3,(H,19,20,22). The van der Waals surface area contributed by atoms with Gasteiger partial charge in [-0.3, -0.25) is 4.90 Å². The lowest BCUT2D eigenvalue weighted by Gasteiger charge is -2.32. The van der Waals surface area contributed by atoms with Crippen molar-refractivity contribution in [2.24, 2.45) is 5.92 Å². The van der Waals surface area contributed by atoms with Crippen LogP contribution in [0, 0.1) is 5.92 Å². The van der Waals surface area contributed by atoms with Crippen molar-refractivity contribution in [2.75, 3.05) is 25.0 Å². The van der Waals surface area contributed by atoms with Crippen LogP contribution in [0.4, 0.5) is 5.95 Å². The monoisotopic (exact) mass is 345 g/mol. The minimum Gasteiger partial charge on any atom is -0.353 e. The van der Waals surface area contributed by atoms with Gasteiger partial charge in [-0.15, -0.1) is 16.4 Å². The van der Waals surface area contributed by atoms with Gasteiger partial charge in [0.15, 0.2) is 0 Å². The number of nitrogens with zero attached hydrogens (tertiary/aromatic N) is 4. The minimum atomic E-state index is 0.651. The zero-order valence-electron chi connectivity index (χ0n) is 14.7. The largest absolute Gasteiger partial charge is 0.353 e. The van der Waals surface area contributed by atoms with E-state index in [0.717, 1.165) is 43.9 Å². The second-order valence-electron chi connectivity index (χ2n) is 6.44. The summed E-state index contributed by atoms with van der Waals surface area (Å²) in [6, 6.07) is 4.37. The molecule has 5 nitrogen and oxygen atoms in total. The number of likely N-dealkylation sites (tertiary alicyclic amines) is 1. The Balaban J connectivity index is 1.52. The number of piperidine rings is 1. The average molecular weight is 346 g/mol. The number of thiophene rings is 1. The van der Waals surface area contributed by atoms with E-state index >= 15 is 0 Å². The van der Waals surface area contributed by atoms with Crippen LogP contribution in [0.1, 0.15) is 43.0 Å². The van der Waals surface area contributed by atoms with E-state index in [4.69, 9.17) is 0 Å². The molecular weight excluding hydrogens is 318 g/mol. The summed E-state index contributed by atoms with van der Waals surface area (Å²) in [4.78, 5) is 8.65. The van der Waals surface area contributed by atoms with Gasteiger partial charge in [-0.2, -0.15) is 5.10 Å². The molecule has 2 aromatic heterocycles. The first-order valence-electron chi connectivity index (χ1n) is 8.99. The summed E-state index contributed by atoms with van der Waals surface area (Å²) in [7, 11) is 0. The van der Waals surface area contributed by atoms with Gasteiger partial charge >= 0.3 is 0 Å².